The van der Waals surface area contributed by atoms with Gasteiger partial charge in [0.1, 0.15) is 5.82 Å². The van der Waals surface area contributed by atoms with Gasteiger partial charge in [0.15, 0.2) is 0 Å². The number of hydrogen-bond donors (Lipinski definition) is 0. The number of fused-ring (bicyclic) bond motifs is 1. The zero-order valence-corrected chi connectivity index (χ0v) is 21.9. The second-order valence-corrected chi connectivity index (χ2v) is 10.7. The number of nitrogens with zero attached hydrogens (tertiary/aromatic N) is 3. The van der Waals surface area contributed by atoms with Gasteiger partial charge in [0.2, 0.25) is 11.8 Å². The van der Waals surface area contributed by atoms with E-state index < -0.39 is 0 Å². The number of rotatable bonds is 9. The fourth-order valence-corrected chi connectivity index (χ4v) is 6.36. The molecule has 5 nitrogen and oxygen atoms in total. The maximum atomic E-state index is 14.0. The molecule has 1 fully saturated rings. The van der Waals surface area contributed by atoms with E-state index in [2.05, 4.69) is 30.2 Å². The molecule has 2 aromatic rings. The van der Waals surface area contributed by atoms with Gasteiger partial charge in [-0.05, 0) is 54.0 Å². The third-order valence-electron chi connectivity index (χ3n) is 7.54. The minimum absolute atomic E-state index is 0.0166. The molecule has 2 atom stereocenters. The number of carbonyl (C=O) groups is 2. The van der Waals surface area contributed by atoms with Crippen molar-refractivity contribution in [3.63, 3.8) is 0 Å². The van der Waals surface area contributed by atoms with Gasteiger partial charge in [0.05, 0.1) is 6.04 Å². The average Bonchev–Trinajstić information content (AvgIpc) is 3.36. The largest absolute Gasteiger partial charge is 0.339 e. The van der Waals surface area contributed by atoms with Gasteiger partial charge in [-0.1, -0.05) is 38.8 Å². The van der Waals surface area contributed by atoms with Crippen LogP contribution in [-0.2, 0) is 16.0 Å². The molecule has 0 bridgehead atoms. The highest BCUT2D eigenvalue weighted by atomic mass is 32.1. The van der Waals surface area contributed by atoms with Gasteiger partial charge in [-0.3, -0.25) is 14.5 Å². The molecular weight excluding hydrogens is 461 g/mol. The van der Waals surface area contributed by atoms with Crippen molar-refractivity contribution in [1.82, 2.24) is 14.7 Å². The molecule has 0 radical (unpaired) electrons. The van der Waals surface area contributed by atoms with E-state index in [0.29, 0.717) is 39.1 Å². The van der Waals surface area contributed by atoms with Crippen LogP contribution in [0.3, 0.4) is 0 Å². The Morgan fingerprint density at radius 3 is 2.57 bits per heavy atom. The van der Waals surface area contributed by atoms with Crippen molar-refractivity contribution in [2.75, 3.05) is 39.3 Å². The number of thiophene rings is 1. The van der Waals surface area contributed by atoms with Gasteiger partial charge in [0.25, 0.3) is 0 Å². The molecule has 190 valence electrons. The highest BCUT2D eigenvalue weighted by Crippen LogP contribution is 2.38. The number of benzene rings is 1. The van der Waals surface area contributed by atoms with Crippen LogP contribution < -0.4 is 0 Å². The van der Waals surface area contributed by atoms with Crippen LogP contribution in [0.4, 0.5) is 4.39 Å². The molecule has 2 aliphatic heterocycles. The minimum Gasteiger partial charge on any atom is -0.339 e. The second-order valence-electron chi connectivity index (χ2n) is 9.75. The first-order valence-corrected chi connectivity index (χ1v) is 14.0. The highest BCUT2D eigenvalue weighted by Gasteiger charge is 2.31. The molecule has 4 rings (SSSR count). The second kappa shape index (κ2) is 12.1. The first-order valence-electron chi connectivity index (χ1n) is 13.1. The Balaban J connectivity index is 1.33. The standard InChI is InChI=1S/C28H38FN3O2S/c1-3-5-7-21(4-2)28(34)32-17-15-30(16-18-32)26(33)11-14-31-13-10-25-24(12-19-35-25)27(31)22-8-6-9-23(29)20-22/h6,8-9,12,19-21,27H,3-5,7,10-11,13-18H2,1-2H3/t21-,27-/m1/s1. The molecule has 1 aromatic carbocycles. The molecule has 2 aliphatic rings. The van der Waals surface area contributed by atoms with Crippen LogP contribution in [0.15, 0.2) is 35.7 Å². The van der Waals surface area contributed by atoms with Crippen molar-refractivity contribution in [3.05, 3.63) is 57.5 Å². The van der Waals surface area contributed by atoms with Crippen molar-refractivity contribution < 1.29 is 14.0 Å². The van der Waals surface area contributed by atoms with Gasteiger partial charge in [-0.25, -0.2) is 4.39 Å². The lowest BCUT2D eigenvalue weighted by atomic mass is 9.93. The molecule has 0 saturated carbocycles. The minimum atomic E-state index is -0.228. The predicted molar refractivity (Wildman–Crippen MR) is 139 cm³/mol. The quantitative estimate of drug-likeness (QED) is 0.482. The third-order valence-corrected chi connectivity index (χ3v) is 8.53. The number of carbonyl (C=O) groups excluding carboxylic acids is 2. The third kappa shape index (κ3) is 6.12. The Labute approximate surface area is 212 Å². The lowest BCUT2D eigenvalue weighted by Crippen LogP contribution is -2.52. The molecule has 0 spiro atoms. The summed E-state index contributed by atoms with van der Waals surface area (Å²) in [5.74, 6) is 0.279. The van der Waals surface area contributed by atoms with E-state index in [1.54, 1.807) is 23.5 Å². The molecule has 7 heteroatoms. The van der Waals surface area contributed by atoms with Crippen molar-refractivity contribution in [2.45, 2.75) is 58.4 Å². The summed E-state index contributed by atoms with van der Waals surface area (Å²) in [4.78, 5) is 33.5. The van der Waals surface area contributed by atoms with Crippen molar-refractivity contribution in [1.29, 1.82) is 0 Å². The van der Waals surface area contributed by atoms with E-state index in [9.17, 15) is 14.0 Å². The van der Waals surface area contributed by atoms with Crippen molar-refractivity contribution >= 4 is 23.2 Å². The summed E-state index contributed by atoms with van der Waals surface area (Å²) in [6.07, 6.45) is 5.43. The van der Waals surface area contributed by atoms with Crippen LogP contribution in [0.2, 0.25) is 0 Å². The average molecular weight is 500 g/mol. The first-order chi connectivity index (χ1) is 17.0. The summed E-state index contributed by atoms with van der Waals surface area (Å²) < 4.78 is 14.0. The molecule has 0 aliphatic carbocycles. The summed E-state index contributed by atoms with van der Waals surface area (Å²) in [5, 5.41) is 2.11. The number of unbranched alkanes of at least 4 members (excludes halogenated alkanes) is 1. The van der Waals surface area contributed by atoms with Gasteiger partial charge < -0.3 is 9.80 Å². The normalized spacial score (nSPS) is 19.5. The SMILES string of the molecule is CCCC[C@@H](CC)C(=O)N1CCN(C(=O)CCN2CCc3sccc3[C@H]2c2cccc(F)c2)CC1. The van der Waals surface area contributed by atoms with Crippen LogP contribution in [0.25, 0.3) is 0 Å². The van der Waals surface area contributed by atoms with E-state index in [1.165, 1.54) is 16.5 Å². The first kappa shape index (κ1) is 25.8. The molecule has 3 heterocycles. The summed E-state index contributed by atoms with van der Waals surface area (Å²) in [6.45, 7) is 8.22. The predicted octanol–water partition coefficient (Wildman–Crippen LogP) is 5.11. The van der Waals surface area contributed by atoms with Crippen LogP contribution in [0, 0.1) is 11.7 Å². The molecule has 35 heavy (non-hydrogen) atoms. The monoisotopic (exact) mass is 499 g/mol. The van der Waals surface area contributed by atoms with E-state index in [4.69, 9.17) is 0 Å². The van der Waals surface area contributed by atoms with E-state index in [-0.39, 0.29) is 29.6 Å². The zero-order valence-electron chi connectivity index (χ0n) is 21.0. The van der Waals surface area contributed by atoms with Gasteiger partial charge >= 0.3 is 0 Å². The van der Waals surface area contributed by atoms with E-state index in [1.807, 2.05) is 15.9 Å². The smallest absolute Gasteiger partial charge is 0.225 e. The fourth-order valence-electron chi connectivity index (χ4n) is 5.46. The Bertz CT molecular complexity index is 1000. The number of hydrogen-bond acceptors (Lipinski definition) is 4. The lowest BCUT2D eigenvalue weighted by Gasteiger charge is -2.38. The van der Waals surface area contributed by atoms with E-state index >= 15 is 0 Å². The Kier molecular flexibility index (Phi) is 8.95. The molecule has 1 saturated heterocycles. The molecule has 1 aromatic heterocycles. The van der Waals surface area contributed by atoms with Crippen molar-refractivity contribution in [3.8, 4) is 0 Å². The lowest BCUT2D eigenvalue weighted by molar-refractivity contribution is -0.142. The Morgan fingerprint density at radius 1 is 1.09 bits per heavy atom. The topological polar surface area (TPSA) is 43.9 Å². The maximum Gasteiger partial charge on any atom is 0.225 e. The maximum absolute atomic E-state index is 14.0. The van der Waals surface area contributed by atoms with Crippen LogP contribution in [0.5, 0.6) is 0 Å². The van der Waals surface area contributed by atoms with Gasteiger partial charge in [0, 0.05) is 56.5 Å². The molecule has 2 amide bonds. The zero-order chi connectivity index (χ0) is 24.8. The van der Waals surface area contributed by atoms with Crippen LogP contribution in [-0.4, -0.2) is 65.8 Å². The Morgan fingerprint density at radius 2 is 1.86 bits per heavy atom. The number of amides is 2. The summed E-state index contributed by atoms with van der Waals surface area (Å²) in [5.41, 5.74) is 2.18. The molecule has 0 unspecified atom stereocenters. The van der Waals surface area contributed by atoms with Crippen LogP contribution in [0.1, 0.15) is 68.0 Å². The summed E-state index contributed by atoms with van der Waals surface area (Å²) in [6, 6.07) is 8.97. The summed E-state index contributed by atoms with van der Waals surface area (Å²) >= 11 is 1.76. The summed E-state index contributed by atoms with van der Waals surface area (Å²) in [7, 11) is 0. The fraction of sp³-hybridized carbons (Fsp3) is 0.571. The number of piperazine rings is 1. The molecule has 0 N–H and O–H groups in total. The highest BCUT2D eigenvalue weighted by molar-refractivity contribution is 7.10. The van der Waals surface area contributed by atoms with Gasteiger partial charge in [-0.15, -0.1) is 11.3 Å². The van der Waals surface area contributed by atoms with E-state index in [0.717, 1.165) is 44.2 Å². The van der Waals surface area contributed by atoms with Crippen LogP contribution >= 0.6 is 11.3 Å². The number of halogens is 1. The van der Waals surface area contributed by atoms with Crippen molar-refractivity contribution in [2.24, 2.45) is 5.92 Å². The van der Waals surface area contributed by atoms with Gasteiger partial charge in [-0.2, -0.15) is 0 Å². The molecular formula is C28H38FN3O2S. The Hall–Kier alpha value is -2.25.